The fourth-order valence-electron chi connectivity index (χ4n) is 9.19. The topological polar surface area (TPSA) is 20.2 Å². The maximum Gasteiger partial charge on any atom is 0.0554 e. The van der Waals surface area contributed by atoms with Crippen molar-refractivity contribution >= 4 is 31.9 Å². The number of hydrogen-bond acceptors (Lipinski definition) is 1. The lowest BCUT2D eigenvalue weighted by Gasteiger charge is -2.65. The smallest absolute Gasteiger partial charge is 0.0554 e. The fraction of sp³-hybridized carbons (Fsp3) is 1.00. The van der Waals surface area contributed by atoms with Gasteiger partial charge in [-0.2, -0.15) is 0 Å². The quantitative estimate of drug-likeness (QED) is 0.344. The van der Waals surface area contributed by atoms with E-state index in [1.54, 1.807) is 0 Å². The number of hydrogen-bond donors (Lipinski definition) is 1. The second kappa shape index (κ2) is 8.61. The molecule has 30 heavy (non-hydrogen) atoms. The molecule has 0 unspecified atom stereocenters. The number of halogens is 2. The molecule has 1 nitrogen and oxygen atoms in total. The summed E-state index contributed by atoms with van der Waals surface area (Å²) in [6.45, 7) is 12.6. The van der Waals surface area contributed by atoms with Crippen molar-refractivity contribution in [3.8, 4) is 0 Å². The highest BCUT2D eigenvalue weighted by atomic mass is 79.9. The summed E-state index contributed by atoms with van der Waals surface area (Å²) in [7, 11) is 0. The zero-order valence-electron chi connectivity index (χ0n) is 20.1. The maximum absolute atomic E-state index is 10.5. The Morgan fingerprint density at radius 2 is 1.70 bits per heavy atom. The van der Waals surface area contributed by atoms with Crippen molar-refractivity contribution < 1.29 is 5.11 Å². The molecule has 0 bridgehead atoms. The zero-order valence-corrected chi connectivity index (χ0v) is 23.3. The molecule has 0 aromatic rings. The van der Waals surface area contributed by atoms with E-state index in [0.29, 0.717) is 15.7 Å². The van der Waals surface area contributed by atoms with Gasteiger partial charge in [0.2, 0.25) is 0 Å². The van der Waals surface area contributed by atoms with Crippen LogP contribution in [0, 0.1) is 46.3 Å². The lowest BCUT2D eigenvalue weighted by molar-refractivity contribution is -0.111. The number of fused-ring (bicyclic) bond motifs is 5. The lowest BCUT2D eigenvalue weighted by Crippen LogP contribution is -2.64. The number of rotatable bonds is 5. The van der Waals surface area contributed by atoms with Crippen LogP contribution in [0.15, 0.2) is 0 Å². The van der Waals surface area contributed by atoms with E-state index in [0.717, 1.165) is 48.3 Å². The Kier molecular flexibility index (Phi) is 6.90. The minimum atomic E-state index is -0.134. The van der Waals surface area contributed by atoms with Gasteiger partial charge in [0.1, 0.15) is 0 Å². The van der Waals surface area contributed by atoms with E-state index in [4.69, 9.17) is 0 Å². The Labute approximate surface area is 203 Å². The molecular formula is C27H46Br2O. The molecule has 4 saturated carbocycles. The molecule has 10 atom stereocenters. The summed E-state index contributed by atoms with van der Waals surface area (Å²) in [5, 5.41) is 10.5. The first kappa shape index (κ1) is 24.1. The molecule has 4 fully saturated rings. The Morgan fingerprint density at radius 1 is 0.967 bits per heavy atom. The van der Waals surface area contributed by atoms with Gasteiger partial charge in [-0.05, 0) is 97.7 Å². The highest BCUT2D eigenvalue weighted by Crippen LogP contribution is 2.71. The first-order valence-corrected chi connectivity index (χ1v) is 14.7. The van der Waals surface area contributed by atoms with Gasteiger partial charge in [-0.1, -0.05) is 85.7 Å². The predicted octanol–water partition coefficient (Wildman–Crippen LogP) is 8.36. The molecular weight excluding hydrogens is 500 g/mol. The van der Waals surface area contributed by atoms with E-state index in [1.165, 1.54) is 57.8 Å². The van der Waals surface area contributed by atoms with Gasteiger partial charge in [-0.25, -0.2) is 0 Å². The van der Waals surface area contributed by atoms with E-state index < -0.39 is 0 Å². The molecule has 0 heterocycles. The van der Waals surface area contributed by atoms with Crippen LogP contribution in [-0.4, -0.2) is 20.4 Å². The van der Waals surface area contributed by atoms with Crippen molar-refractivity contribution in [3.05, 3.63) is 0 Å². The standard InChI is InChI=1S/C27H46Br2O/c1-17(2)7-6-8-18(3)21-9-10-22-20-15-24(28)27(29)16-19(30)11-14-26(27,5)23(20)12-13-25(21,22)4/h17-24,30H,6-16H2,1-5H3/t18-,19+,20+,21-,22+,23+,24+,25-,26-,27-/m1/s1. The van der Waals surface area contributed by atoms with Crippen molar-refractivity contribution in [2.45, 2.75) is 121 Å². The Bertz CT molecular complexity index is 622. The van der Waals surface area contributed by atoms with Gasteiger partial charge in [0.25, 0.3) is 0 Å². The van der Waals surface area contributed by atoms with Crippen molar-refractivity contribution in [3.63, 3.8) is 0 Å². The van der Waals surface area contributed by atoms with Crippen LogP contribution >= 0.6 is 31.9 Å². The van der Waals surface area contributed by atoms with Crippen molar-refractivity contribution in [2.75, 3.05) is 0 Å². The van der Waals surface area contributed by atoms with Crippen LogP contribution in [0.5, 0.6) is 0 Å². The third-order valence-corrected chi connectivity index (χ3v) is 14.5. The Balaban J connectivity index is 1.53. The molecule has 174 valence electrons. The van der Waals surface area contributed by atoms with Crippen LogP contribution in [0.2, 0.25) is 0 Å². The third-order valence-electron chi connectivity index (χ3n) is 10.9. The zero-order chi connectivity index (χ0) is 21.9. The first-order valence-electron chi connectivity index (χ1n) is 13.0. The highest BCUT2D eigenvalue weighted by molar-refractivity contribution is 9.12. The highest BCUT2D eigenvalue weighted by Gasteiger charge is 2.66. The molecule has 0 spiro atoms. The molecule has 4 aliphatic rings. The summed E-state index contributed by atoms with van der Waals surface area (Å²) in [4.78, 5) is 0.482. The molecule has 0 amide bonds. The molecule has 3 heteroatoms. The number of aliphatic hydroxyl groups excluding tert-OH is 1. The molecule has 0 radical (unpaired) electrons. The van der Waals surface area contributed by atoms with Gasteiger partial charge >= 0.3 is 0 Å². The molecule has 0 aromatic heterocycles. The van der Waals surface area contributed by atoms with Crippen LogP contribution in [0.1, 0.15) is 105 Å². The van der Waals surface area contributed by atoms with Crippen molar-refractivity contribution in [1.29, 1.82) is 0 Å². The summed E-state index contributed by atoms with van der Waals surface area (Å²) < 4.78 is 0.0642. The number of aliphatic hydroxyl groups is 1. The summed E-state index contributed by atoms with van der Waals surface area (Å²) in [5.74, 6) is 5.26. The summed E-state index contributed by atoms with van der Waals surface area (Å²) in [6.07, 6.45) is 14.3. The van der Waals surface area contributed by atoms with Crippen molar-refractivity contribution in [2.24, 2.45) is 46.3 Å². The van der Waals surface area contributed by atoms with Gasteiger partial charge in [0.15, 0.2) is 0 Å². The molecule has 0 saturated heterocycles. The van der Waals surface area contributed by atoms with E-state index in [9.17, 15) is 5.11 Å². The molecule has 0 aromatic carbocycles. The molecule has 4 aliphatic carbocycles. The van der Waals surface area contributed by atoms with E-state index in [-0.39, 0.29) is 10.4 Å². The van der Waals surface area contributed by atoms with Crippen LogP contribution in [-0.2, 0) is 0 Å². The Hall–Kier alpha value is 0.920. The predicted molar refractivity (Wildman–Crippen MR) is 135 cm³/mol. The van der Waals surface area contributed by atoms with E-state index >= 15 is 0 Å². The average Bonchev–Trinajstić information content (AvgIpc) is 3.01. The van der Waals surface area contributed by atoms with Crippen molar-refractivity contribution in [1.82, 2.24) is 0 Å². The summed E-state index contributed by atoms with van der Waals surface area (Å²) >= 11 is 8.41. The lowest BCUT2D eigenvalue weighted by atomic mass is 9.44. The van der Waals surface area contributed by atoms with Gasteiger partial charge < -0.3 is 5.11 Å². The Morgan fingerprint density at radius 3 is 2.40 bits per heavy atom. The average molecular weight is 546 g/mol. The van der Waals surface area contributed by atoms with Gasteiger partial charge in [-0.3, -0.25) is 0 Å². The summed E-state index contributed by atoms with van der Waals surface area (Å²) in [5.41, 5.74) is 0.869. The third kappa shape index (κ3) is 3.71. The molecule has 1 N–H and O–H groups in total. The molecule has 4 rings (SSSR count). The normalized spacial score (nSPS) is 51.9. The number of alkyl halides is 2. The van der Waals surface area contributed by atoms with Crippen LogP contribution < -0.4 is 0 Å². The maximum atomic E-state index is 10.5. The van der Waals surface area contributed by atoms with E-state index in [2.05, 4.69) is 66.5 Å². The second-order valence-corrected chi connectivity index (χ2v) is 15.3. The van der Waals surface area contributed by atoms with Gasteiger partial charge in [-0.15, -0.1) is 0 Å². The summed E-state index contributed by atoms with van der Waals surface area (Å²) in [6, 6.07) is 0. The van der Waals surface area contributed by atoms with Crippen LogP contribution in [0.4, 0.5) is 0 Å². The van der Waals surface area contributed by atoms with Crippen LogP contribution in [0.25, 0.3) is 0 Å². The van der Waals surface area contributed by atoms with Gasteiger partial charge in [0.05, 0.1) is 6.10 Å². The minimum Gasteiger partial charge on any atom is -0.393 e. The largest absolute Gasteiger partial charge is 0.393 e. The second-order valence-electron chi connectivity index (χ2n) is 12.8. The SMILES string of the molecule is CC(C)CCC[C@@H](C)[C@H]1CC[C@H]2[C@@H]3C[C@H](Br)[C@]4(Br)C[C@@H](O)CC[C@]4(C)[C@H]3CC[C@]12C. The first-order chi connectivity index (χ1) is 14.0. The monoisotopic (exact) mass is 544 g/mol. The van der Waals surface area contributed by atoms with Crippen LogP contribution in [0.3, 0.4) is 0 Å². The minimum absolute atomic E-state index is 0.0642. The fourth-order valence-corrected chi connectivity index (χ4v) is 11.4. The van der Waals surface area contributed by atoms with E-state index in [1.807, 2.05) is 0 Å². The molecule has 0 aliphatic heterocycles. The van der Waals surface area contributed by atoms with Gasteiger partial charge in [0, 0.05) is 9.15 Å².